The van der Waals surface area contributed by atoms with E-state index in [0.717, 1.165) is 26.1 Å². The molecule has 92 valence electrons. The molecule has 2 fully saturated rings. The van der Waals surface area contributed by atoms with E-state index in [2.05, 4.69) is 0 Å². The molecule has 1 amide bonds. The summed E-state index contributed by atoms with van der Waals surface area (Å²) in [5.41, 5.74) is 11.7. The van der Waals surface area contributed by atoms with Crippen LogP contribution in [0.1, 0.15) is 32.6 Å². The highest BCUT2D eigenvalue weighted by molar-refractivity contribution is 5.81. The number of amides is 1. The van der Waals surface area contributed by atoms with Crippen molar-refractivity contribution in [2.45, 2.75) is 38.6 Å². The van der Waals surface area contributed by atoms with Crippen LogP contribution in [-0.2, 0) is 4.79 Å². The number of carbonyl (C=O) groups is 1. The van der Waals surface area contributed by atoms with Gasteiger partial charge in [0, 0.05) is 13.1 Å². The van der Waals surface area contributed by atoms with Crippen molar-refractivity contribution < 1.29 is 4.79 Å². The van der Waals surface area contributed by atoms with E-state index in [1.807, 2.05) is 4.90 Å². The van der Waals surface area contributed by atoms with E-state index in [9.17, 15) is 4.79 Å². The summed E-state index contributed by atoms with van der Waals surface area (Å²) in [6.45, 7) is 4.36. The molecule has 3 atom stereocenters. The zero-order chi connectivity index (χ0) is 11.8. The van der Waals surface area contributed by atoms with Crippen molar-refractivity contribution in [3.8, 4) is 0 Å². The number of likely N-dealkylation sites (tertiary alicyclic amines) is 1. The maximum atomic E-state index is 11.8. The minimum Gasteiger partial charge on any atom is -0.341 e. The summed E-state index contributed by atoms with van der Waals surface area (Å²) in [5.74, 6) is 0.776. The molecule has 0 bridgehead atoms. The molecule has 1 saturated carbocycles. The van der Waals surface area contributed by atoms with Crippen LogP contribution in [0.3, 0.4) is 0 Å². The fourth-order valence-electron chi connectivity index (χ4n) is 3.31. The van der Waals surface area contributed by atoms with Gasteiger partial charge >= 0.3 is 0 Å². The second-order valence-corrected chi connectivity index (χ2v) is 5.64. The lowest BCUT2D eigenvalue weighted by Gasteiger charge is -2.25. The zero-order valence-corrected chi connectivity index (χ0v) is 10.1. The topological polar surface area (TPSA) is 72.4 Å². The van der Waals surface area contributed by atoms with Gasteiger partial charge in [0.15, 0.2) is 0 Å². The fraction of sp³-hybridized carbons (Fsp3) is 0.917. The van der Waals surface area contributed by atoms with Crippen LogP contribution < -0.4 is 11.5 Å². The second-order valence-electron chi connectivity index (χ2n) is 5.64. The van der Waals surface area contributed by atoms with Crippen LogP contribution in [0.2, 0.25) is 0 Å². The number of nitrogens with two attached hydrogens (primary N) is 2. The molecular weight excluding hydrogens is 202 g/mol. The van der Waals surface area contributed by atoms with Crippen LogP contribution >= 0.6 is 0 Å². The van der Waals surface area contributed by atoms with Gasteiger partial charge in [0.05, 0.1) is 6.04 Å². The summed E-state index contributed by atoms with van der Waals surface area (Å²) >= 11 is 0. The Morgan fingerprint density at radius 3 is 2.88 bits per heavy atom. The predicted molar refractivity (Wildman–Crippen MR) is 63.7 cm³/mol. The van der Waals surface area contributed by atoms with Crippen LogP contribution in [0.4, 0.5) is 0 Å². The van der Waals surface area contributed by atoms with Crippen LogP contribution in [0.15, 0.2) is 0 Å². The number of rotatable bonds is 2. The maximum absolute atomic E-state index is 11.8. The van der Waals surface area contributed by atoms with Gasteiger partial charge in [-0.25, -0.2) is 0 Å². The molecule has 1 aliphatic carbocycles. The Kier molecular flexibility index (Phi) is 3.22. The van der Waals surface area contributed by atoms with Crippen LogP contribution in [-0.4, -0.2) is 36.5 Å². The van der Waals surface area contributed by atoms with E-state index >= 15 is 0 Å². The first-order chi connectivity index (χ1) is 7.56. The molecule has 0 radical (unpaired) electrons. The molecule has 1 spiro atoms. The first-order valence-electron chi connectivity index (χ1n) is 6.31. The molecule has 2 aliphatic rings. The Morgan fingerprint density at radius 1 is 1.56 bits per heavy atom. The zero-order valence-electron chi connectivity index (χ0n) is 10.1. The van der Waals surface area contributed by atoms with Crippen molar-refractivity contribution in [1.29, 1.82) is 0 Å². The molecule has 2 rings (SSSR count). The molecule has 0 unspecified atom stereocenters. The van der Waals surface area contributed by atoms with Crippen molar-refractivity contribution >= 4 is 5.91 Å². The highest BCUT2D eigenvalue weighted by Gasteiger charge is 2.44. The molecule has 1 heterocycles. The smallest absolute Gasteiger partial charge is 0.239 e. The van der Waals surface area contributed by atoms with Crippen molar-refractivity contribution in [3.05, 3.63) is 0 Å². The van der Waals surface area contributed by atoms with Crippen LogP contribution in [0.25, 0.3) is 0 Å². The average molecular weight is 225 g/mol. The van der Waals surface area contributed by atoms with E-state index in [1.54, 1.807) is 6.92 Å². The lowest BCUT2D eigenvalue weighted by atomic mass is 9.84. The Balaban J connectivity index is 1.95. The van der Waals surface area contributed by atoms with Gasteiger partial charge in [0.2, 0.25) is 5.91 Å². The van der Waals surface area contributed by atoms with Gasteiger partial charge in [-0.3, -0.25) is 4.79 Å². The Morgan fingerprint density at radius 2 is 2.31 bits per heavy atom. The van der Waals surface area contributed by atoms with E-state index in [1.165, 1.54) is 19.3 Å². The molecule has 4 heteroatoms. The number of carbonyl (C=O) groups excluding carboxylic acids is 1. The van der Waals surface area contributed by atoms with Gasteiger partial charge in [-0.15, -0.1) is 0 Å². The SMILES string of the molecule is C[C@H](N)C(=O)N1CC[C@]2(CC[C@@H](CN)C2)C1. The molecular formula is C12H23N3O. The summed E-state index contributed by atoms with van der Waals surface area (Å²) in [7, 11) is 0. The number of nitrogens with zero attached hydrogens (tertiary/aromatic N) is 1. The highest BCUT2D eigenvalue weighted by Crippen LogP contribution is 2.47. The molecule has 1 saturated heterocycles. The molecule has 0 aromatic rings. The van der Waals surface area contributed by atoms with Crippen molar-refractivity contribution in [3.63, 3.8) is 0 Å². The first-order valence-corrected chi connectivity index (χ1v) is 6.31. The van der Waals surface area contributed by atoms with Gasteiger partial charge in [0.25, 0.3) is 0 Å². The Bertz CT molecular complexity index is 279. The lowest BCUT2D eigenvalue weighted by molar-refractivity contribution is -0.131. The van der Waals surface area contributed by atoms with E-state index < -0.39 is 0 Å². The third kappa shape index (κ3) is 2.09. The van der Waals surface area contributed by atoms with Gasteiger partial charge in [-0.1, -0.05) is 0 Å². The summed E-state index contributed by atoms with van der Waals surface area (Å²) in [4.78, 5) is 13.8. The van der Waals surface area contributed by atoms with E-state index in [4.69, 9.17) is 11.5 Å². The average Bonchev–Trinajstić information content (AvgIpc) is 2.85. The molecule has 1 aliphatic heterocycles. The number of hydrogen-bond acceptors (Lipinski definition) is 3. The summed E-state index contributed by atoms with van der Waals surface area (Å²) in [5, 5.41) is 0. The van der Waals surface area contributed by atoms with Gasteiger partial charge < -0.3 is 16.4 Å². The molecule has 4 N–H and O–H groups in total. The van der Waals surface area contributed by atoms with Gasteiger partial charge in [-0.05, 0) is 50.5 Å². The summed E-state index contributed by atoms with van der Waals surface area (Å²) in [6.07, 6.45) is 4.81. The minimum atomic E-state index is -0.359. The van der Waals surface area contributed by atoms with Crippen LogP contribution in [0.5, 0.6) is 0 Å². The molecule has 0 aromatic heterocycles. The Labute approximate surface area is 97.3 Å². The monoisotopic (exact) mass is 225 g/mol. The lowest BCUT2D eigenvalue weighted by Crippen LogP contribution is -2.41. The third-order valence-electron chi connectivity index (χ3n) is 4.28. The van der Waals surface area contributed by atoms with Gasteiger partial charge in [0.1, 0.15) is 0 Å². The Hall–Kier alpha value is -0.610. The van der Waals surface area contributed by atoms with E-state index in [0.29, 0.717) is 11.3 Å². The number of hydrogen-bond donors (Lipinski definition) is 2. The van der Waals surface area contributed by atoms with Crippen molar-refractivity contribution in [2.75, 3.05) is 19.6 Å². The quantitative estimate of drug-likeness (QED) is 0.710. The van der Waals surface area contributed by atoms with Crippen molar-refractivity contribution in [1.82, 2.24) is 4.90 Å². The predicted octanol–water partition coefficient (Wildman–Crippen LogP) is 0.311. The second kappa shape index (κ2) is 4.34. The molecule has 4 nitrogen and oxygen atoms in total. The highest BCUT2D eigenvalue weighted by atomic mass is 16.2. The normalized spacial score (nSPS) is 35.9. The molecule has 16 heavy (non-hydrogen) atoms. The first kappa shape index (κ1) is 11.9. The van der Waals surface area contributed by atoms with Crippen LogP contribution in [0, 0.1) is 11.3 Å². The van der Waals surface area contributed by atoms with Gasteiger partial charge in [-0.2, -0.15) is 0 Å². The maximum Gasteiger partial charge on any atom is 0.239 e. The largest absolute Gasteiger partial charge is 0.341 e. The standard InChI is InChI=1S/C12H23N3O/c1-9(14)11(16)15-5-4-12(8-15)3-2-10(6-12)7-13/h9-10H,2-8,13-14H2,1H3/t9-,10+,12-/m0/s1. The fourth-order valence-corrected chi connectivity index (χ4v) is 3.31. The summed E-state index contributed by atoms with van der Waals surface area (Å²) < 4.78 is 0. The van der Waals surface area contributed by atoms with Crippen molar-refractivity contribution in [2.24, 2.45) is 22.8 Å². The minimum absolute atomic E-state index is 0.105. The summed E-state index contributed by atoms with van der Waals surface area (Å²) in [6, 6.07) is -0.359. The third-order valence-corrected chi connectivity index (χ3v) is 4.28. The van der Waals surface area contributed by atoms with E-state index in [-0.39, 0.29) is 11.9 Å². The molecule has 0 aromatic carbocycles.